The van der Waals surface area contributed by atoms with Crippen molar-refractivity contribution in [3.63, 3.8) is 0 Å². The number of benzene rings is 1. The molecule has 0 aliphatic carbocycles. The van der Waals surface area contributed by atoms with Crippen molar-refractivity contribution in [1.29, 1.82) is 0 Å². The number of para-hydroxylation sites is 2. The summed E-state index contributed by atoms with van der Waals surface area (Å²) in [6, 6.07) is 7.03. The van der Waals surface area contributed by atoms with Crippen LogP contribution in [0.15, 0.2) is 35.8 Å². The summed E-state index contributed by atoms with van der Waals surface area (Å²) in [6.45, 7) is 3.80. The molecule has 0 bridgehead atoms. The van der Waals surface area contributed by atoms with Crippen molar-refractivity contribution in [1.82, 2.24) is 9.38 Å². The minimum atomic E-state index is -1.03. The summed E-state index contributed by atoms with van der Waals surface area (Å²) in [6.07, 6.45) is 0.635. The van der Waals surface area contributed by atoms with E-state index in [-0.39, 0.29) is 10.8 Å². The maximum atomic E-state index is 12.4. The number of esters is 1. The number of fused-ring (bicyclic) bond motifs is 1. The zero-order valence-electron chi connectivity index (χ0n) is 14.1. The molecule has 0 radical (unpaired) electrons. The summed E-state index contributed by atoms with van der Waals surface area (Å²) in [5.74, 6) is -0.657. The van der Waals surface area contributed by atoms with Crippen molar-refractivity contribution in [2.45, 2.75) is 20.0 Å². The summed E-state index contributed by atoms with van der Waals surface area (Å²) < 4.78 is 12.2. The van der Waals surface area contributed by atoms with E-state index in [2.05, 4.69) is 10.3 Å². The SMILES string of the molecule is CCOc1ccccc1NC(=O)[C@@H](C)OC(=O)c1c(Cl)nc2sccn12. The Morgan fingerprint density at radius 2 is 2.15 bits per heavy atom. The van der Waals surface area contributed by atoms with Crippen molar-refractivity contribution in [2.24, 2.45) is 0 Å². The number of hydrogen-bond acceptors (Lipinski definition) is 6. The Hall–Kier alpha value is -2.58. The summed E-state index contributed by atoms with van der Waals surface area (Å²) in [7, 11) is 0. The highest BCUT2D eigenvalue weighted by Gasteiger charge is 2.25. The Labute approximate surface area is 158 Å². The molecule has 1 aromatic carbocycles. The van der Waals surface area contributed by atoms with E-state index in [0.717, 1.165) is 0 Å². The molecule has 9 heteroatoms. The van der Waals surface area contributed by atoms with Gasteiger partial charge >= 0.3 is 5.97 Å². The molecular weight excluding hydrogens is 378 g/mol. The van der Waals surface area contributed by atoms with Crippen LogP contribution in [-0.4, -0.2) is 34.0 Å². The lowest BCUT2D eigenvalue weighted by molar-refractivity contribution is -0.123. The Kier molecular flexibility index (Phi) is 5.43. The van der Waals surface area contributed by atoms with Crippen molar-refractivity contribution >= 4 is 45.5 Å². The highest BCUT2D eigenvalue weighted by Crippen LogP contribution is 2.25. The van der Waals surface area contributed by atoms with Crippen LogP contribution in [0.5, 0.6) is 5.75 Å². The first-order chi connectivity index (χ1) is 12.5. The fraction of sp³-hybridized carbons (Fsp3) is 0.235. The van der Waals surface area contributed by atoms with Gasteiger partial charge in [0.1, 0.15) is 5.75 Å². The summed E-state index contributed by atoms with van der Waals surface area (Å²) in [5.41, 5.74) is 0.599. The molecule has 0 unspecified atom stereocenters. The number of rotatable bonds is 6. The molecule has 1 N–H and O–H groups in total. The number of nitrogens with one attached hydrogen (secondary N) is 1. The number of thiazole rings is 1. The minimum absolute atomic E-state index is 0.0381. The first-order valence-corrected chi connectivity index (χ1v) is 9.11. The van der Waals surface area contributed by atoms with Gasteiger partial charge in [-0.15, -0.1) is 11.3 Å². The molecule has 3 rings (SSSR count). The van der Waals surface area contributed by atoms with E-state index in [0.29, 0.717) is 23.0 Å². The van der Waals surface area contributed by atoms with Crippen LogP contribution in [0, 0.1) is 0 Å². The standard InChI is InChI=1S/C17H16ClN3O4S/c1-3-24-12-7-5-4-6-11(12)19-15(22)10(2)25-16(23)13-14(18)20-17-21(13)8-9-26-17/h4-10H,3H2,1-2H3,(H,19,22)/t10-/m1/s1. The van der Waals surface area contributed by atoms with Gasteiger partial charge in [-0.25, -0.2) is 9.78 Å². The molecular formula is C17H16ClN3O4S. The van der Waals surface area contributed by atoms with Crippen molar-refractivity contribution in [3.8, 4) is 5.75 Å². The van der Waals surface area contributed by atoms with Crippen LogP contribution < -0.4 is 10.1 Å². The number of ether oxygens (including phenoxy) is 2. The number of imidazole rings is 1. The van der Waals surface area contributed by atoms with Gasteiger partial charge in [-0.05, 0) is 26.0 Å². The lowest BCUT2D eigenvalue weighted by Crippen LogP contribution is -2.30. The molecule has 0 saturated carbocycles. The molecule has 0 aliphatic heterocycles. The van der Waals surface area contributed by atoms with E-state index in [1.54, 1.807) is 35.8 Å². The molecule has 26 heavy (non-hydrogen) atoms. The van der Waals surface area contributed by atoms with Gasteiger partial charge in [0.05, 0.1) is 12.3 Å². The maximum Gasteiger partial charge on any atom is 0.359 e. The summed E-state index contributed by atoms with van der Waals surface area (Å²) in [5, 5.41) is 4.51. The highest BCUT2D eigenvalue weighted by atomic mass is 35.5. The Balaban J connectivity index is 1.70. The number of amides is 1. The smallest absolute Gasteiger partial charge is 0.359 e. The fourth-order valence-electron chi connectivity index (χ4n) is 2.30. The third-order valence-corrected chi connectivity index (χ3v) is 4.53. The van der Waals surface area contributed by atoms with Gasteiger partial charge in [0.2, 0.25) is 0 Å². The fourth-order valence-corrected chi connectivity index (χ4v) is 3.31. The van der Waals surface area contributed by atoms with Crippen LogP contribution in [0.2, 0.25) is 5.15 Å². The molecule has 0 saturated heterocycles. The van der Waals surface area contributed by atoms with E-state index in [4.69, 9.17) is 21.1 Å². The van der Waals surface area contributed by atoms with Gasteiger partial charge in [-0.1, -0.05) is 23.7 Å². The van der Waals surface area contributed by atoms with E-state index >= 15 is 0 Å². The van der Waals surface area contributed by atoms with Crippen LogP contribution in [-0.2, 0) is 9.53 Å². The molecule has 2 aromatic heterocycles. The topological polar surface area (TPSA) is 81.9 Å². The largest absolute Gasteiger partial charge is 0.492 e. The number of aromatic nitrogens is 2. The van der Waals surface area contributed by atoms with Crippen molar-refractivity contribution < 1.29 is 19.1 Å². The zero-order chi connectivity index (χ0) is 18.7. The quantitative estimate of drug-likeness (QED) is 0.646. The second-order valence-corrected chi connectivity index (χ2v) is 6.50. The molecule has 0 fully saturated rings. The lowest BCUT2D eigenvalue weighted by atomic mass is 10.2. The van der Waals surface area contributed by atoms with Gasteiger partial charge in [0, 0.05) is 11.6 Å². The van der Waals surface area contributed by atoms with Crippen LogP contribution in [0.3, 0.4) is 0 Å². The van der Waals surface area contributed by atoms with E-state index in [9.17, 15) is 9.59 Å². The van der Waals surface area contributed by atoms with Gasteiger partial charge in [-0.3, -0.25) is 9.20 Å². The maximum absolute atomic E-state index is 12.4. The molecule has 136 valence electrons. The van der Waals surface area contributed by atoms with Crippen LogP contribution in [0.4, 0.5) is 5.69 Å². The van der Waals surface area contributed by atoms with Crippen LogP contribution >= 0.6 is 22.9 Å². The predicted molar refractivity (Wildman–Crippen MR) is 99.2 cm³/mol. The molecule has 1 amide bonds. The van der Waals surface area contributed by atoms with E-state index < -0.39 is 18.0 Å². The highest BCUT2D eigenvalue weighted by molar-refractivity contribution is 7.15. The van der Waals surface area contributed by atoms with Crippen molar-refractivity contribution in [3.05, 3.63) is 46.7 Å². The van der Waals surface area contributed by atoms with E-state index in [1.807, 2.05) is 6.92 Å². The molecule has 3 aromatic rings. The molecule has 7 nitrogen and oxygen atoms in total. The average Bonchev–Trinajstić information content (AvgIpc) is 3.16. The first kappa shape index (κ1) is 18.2. The van der Waals surface area contributed by atoms with Crippen LogP contribution in [0.1, 0.15) is 24.3 Å². The predicted octanol–water partition coefficient (Wildman–Crippen LogP) is 3.63. The number of nitrogens with zero attached hydrogens (tertiary/aromatic N) is 2. The summed E-state index contributed by atoms with van der Waals surface area (Å²) in [4.78, 5) is 29.4. The summed E-state index contributed by atoms with van der Waals surface area (Å²) >= 11 is 7.35. The Bertz CT molecular complexity index is 953. The lowest BCUT2D eigenvalue weighted by Gasteiger charge is -2.15. The number of carbonyl (C=O) groups excluding carboxylic acids is 2. The second-order valence-electron chi connectivity index (χ2n) is 5.27. The minimum Gasteiger partial charge on any atom is -0.492 e. The molecule has 0 spiro atoms. The van der Waals surface area contributed by atoms with Gasteiger partial charge in [-0.2, -0.15) is 0 Å². The zero-order valence-corrected chi connectivity index (χ0v) is 15.6. The van der Waals surface area contributed by atoms with E-state index in [1.165, 1.54) is 22.7 Å². The number of carbonyl (C=O) groups is 2. The number of hydrogen-bond donors (Lipinski definition) is 1. The van der Waals surface area contributed by atoms with Gasteiger partial charge in [0.25, 0.3) is 5.91 Å². The Morgan fingerprint density at radius 3 is 2.92 bits per heavy atom. The second kappa shape index (κ2) is 7.76. The first-order valence-electron chi connectivity index (χ1n) is 7.86. The third kappa shape index (κ3) is 3.66. The molecule has 2 heterocycles. The Morgan fingerprint density at radius 1 is 1.38 bits per heavy atom. The monoisotopic (exact) mass is 393 g/mol. The normalized spacial score (nSPS) is 12.0. The number of halogens is 1. The van der Waals surface area contributed by atoms with Crippen LogP contribution in [0.25, 0.3) is 4.96 Å². The number of anilines is 1. The molecule has 0 aliphatic rings. The van der Waals surface area contributed by atoms with Gasteiger partial charge < -0.3 is 14.8 Å². The van der Waals surface area contributed by atoms with Gasteiger partial charge in [0.15, 0.2) is 21.9 Å². The molecule has 1 atom stereocenters. The average molecular weight is 394 g/mol. The van der Waals surface area contributed by atoms with Crippen molar-refractivity contribution in [2.75, 3.05) is 11.9 Å². The third-order valence-electron chi connectivity index (χ3n) is 3.51.